The zero-order valence-corrected chi connectivity index (χ0v) is 15.7. The highest BCUT2D eigenvalue weighted by atomic mass is 32.1. The van der Waals surface area contributed by atoms with E-state index in [1.54, 1.807) is 24.3 Å². The Balaban J connectivity index is 1.52. The maximum Gasteiger partial charge on any atom is 0.261 e. The first kappa shape index (κ1) is 17.8. The summed E-state index contributed by atoms with van der Waals surface area (Å²) in [4.78, 5) is 37.8. The van der Waals surface area contributed by atoms with E-state index in [9.17, 15) is 14.4 Å². The fourth-order valence-corrected chi connectivity index (χ4v) is 3.41. The van der Waals surface area contributed by atoms with E-state index in [1.807, 2.05) is 36.4 Å². The number of hydrogen-bond acceptors (Lipinski definition) is 4. The minimum Gasteiger partial charge on any atom is -0.332 e. The number of rotatable bonds is 2. The van der Waals surface area contributed by atoms with Crippen LogP contribution >= 0.6 is 12.2 Å². The minimum atomic E-state index is -0.366. The summed E-state index contributed by atoms with van der Waals surface area (Å²) in [7, 11) is 1.44. The lowest BCUT2D eigenvalue weighted by molar-refractivity contribution is 0.0692. The second-order valence-electron chi connectivity index (χ2n) is 6.36. The van der Waals surface area contributed by atoms with E-state index in [0.29, 0.717) is 22.4 Å². The smallest absolute Gasteiger partial charge is 0.261 e. The number of carbonyl (C=O) groups is 3. The molecule has 1 aliphatic heterocycles. The van der Waals surface area contributed by atoms with Crippen molar-refractivity contribution in [1.82, 2.24) is 10.2 Å². The SMILES string of the molecule is CN1C(=O)c2ccc(NC(=S)NC(=O)c3cccc4ccccc34)cc2C1=O. The third-order valence-electron chi connectivity index (χ3n) is 4.61. The van der Waals surface area contributed by atoms with Crippen molar-refractivity contribution in [3.05, 3.63) is 77.4 Å². The number of fused-ring (bicyclic) bond motifs is 2. The Labute approximate surface area is 166 Å². The minimum absolute atomic E-state index is 0.100. The normalized spacial score (nSPS) is 12.8. The maximum absolute atomic E-state index is 12.6. The van der Waals surface area contributed by atoms with Crippen molar-refractivity contribution in [3.63, 3.8) is 0 Å². The molecule has 0 bridgehead atoms. The van der Waals surface area contributed by atoms with Gasteiger partial charge in [-0.1, -0.05) is 36.4 Å². The third kappa shape index (κ3) is 3.01. The molecular formula is C21H15N3O3S. The topological polar surface area (TPSA) is 78.5 Å². The van der Waals surface area contributed by atoms with E-state index < -0.39 is 0 Å². The van der Waals surface area contributed by atoms with Crippen LogP contribution in [0, 0.1) is 0 Å². The highest BCUT2D eigenvalue weighted by molar-refractivity contribution is 7.80. The van der Waals surface area contributed by atoms with Crippen LogP contribution in [0.15, 0.2) is 60.7 Å². The van der Waals surface area contributed by atoms with Gasteiger partial charge in [0.05, 0.1) is 11.1 Å². The van der Waals surface area contributed by atoms with E-state index >= 15 is 0 Å². The van der Waals surface area contributed by atoms with E-state index in [2.05, 4.69) is 10.6 Å². The number of benzene rings is 3. The van der Waals surface area contributed by atoms with Crippen LogP contribution in [-0.2, 0) is 0 Å². The van der Waals surface area contributed by atoms with Gasteiger partial charge in [-0.25, -0.2) is 0 Å². The van der Waals surface area contributed by atoms with Gasteiger partial charge in [-0.2, -0.15) is 0 Å². The predicted octanol–water partition coefficient (Wildman–Crippen LogP) is 3.19. The molecule has 28 heavy (non-hydrogen) atoms. The molecule has 1 heterocycles. The number of thiocarbonyl (C=S) groups is 1. The van der Waals surface area contributed by atoms with Crippen molar-refractivity contribution >= 4 is 51.5 Å². The molecule has 3 amide bonds. The number of amides is 3. The molecule has 0 spiro atoms. The summed E-state index contributed by atoms with van der Waals surface area (Å²) in [6, 6.07) is 17.8. The zero-order chi connectivity index (χ0) is 19.8. The number of imide groups is 1. The fraction of sp³-hybridized carbons (Fsp3) is 0.0476. The average Bonchev–Trinajstić information content (AvgIpc) is 2.91. The summed E-state index contributed by atoms with van der Waals surface area (Å²) in [5.41, 5.74) is 1.68. The number of carbonyl (C=O) groups excluding carboxylic acids is 3. The van der Waals surface area contributed by atoms with Gasteiger partial charge in [0.25, 0.3) is 17.7 Å². The lowest BCUT2D eigenvalue weighted by atomic mass is 10.0. The molecule has 6 nitrogen and oxygen atoms in total. The largest absolute Gasteiger partial charge is 0.332 e. The van der Waals surface area contributed by atoms with Gasteiger partial charge in [0, 0.05) is 18.3 Å². The van der Waals surface area contributed by atoms with E-state index in [0.717, 1.165) is 15.7 Å². The Morgan fingerprint density at radius 3 is 2.46 bits per heavy atom. The first-order valence-corrected chi connectivity index (χ1v) is 8.93. The summed E-state index contributed by atoms with van der Waals surface area (Å²) < 4.78 is 0. The molecule has 0 aromatic heterocycles. The molecule has 3 aromatic carbocycles. The molecule has 0 saturated carbocycles. The Kier molecular flexibility index (Phi) is 4.37. The highest BCUT2D eigenvalue weighted by Crippen LogP contribution is 2.25. The van der Waals surface area contributed by atoms with Crippen molar-refractivity contribution in [2.75, 3.05) is 12.4 Å². The molecule has 138 valence electrons. The van der Waals surface area contributed by atoms with Gasteiger partial charge in [-0.3, -0.25) is 24.6 Å². The Morgan fingerprint density at radius 2 is 1.64 bits per heavy atom. The standard InChI is InChI=1S/C21H15N3O3S/c1-24-19(26)16-10-9-13(11-17(16)20(24)27)22-21(28)23-18(25)15-8-4-6-12-5-2-3-7-14(12)15/h2-11H,1H3,(H2,22,23,25,28). The molecule has 0 unspecified atom stereocenters. The molecule has 7 heteroatoms. The number of anilines is 1. The van der Waals surface area contributed by atoms with Crippen LogP contribution < -0.4 is 10.6 Å². The van der Waals surface area contributed by atoms with Crippen molar-refractivity contribution < 1.29 is 14.4 Å². The van der Waals surface area contributed by atoms with Gasteiger partial charge in [0.15, 0.2) is 5.11 Å². The number of nitrogens with one attached hydrogen (secondary N) is 2. The van der Waals surface area contributed by atoms with Crippen molar-refractivity contribution in [3.8, 4) is 0 Å². The Morgan fingerprint density at radius 1 is 0.929 bits per heavy atom. The first-order chi connectivity index (χ1) is 13.5. The van der Waals surface area contributed by atoms with Crippen LogP contribution in [0.25, 0.3) is 10.8 Å². The van der Waals surface area contributed by atoms with Crippen LogP contribution in [0.1, 0.15) is 31.1 Å². The monoisotopic (exact) mass is 389 g/mol. The summed E-state index contributed by atoms with van der Waals surface area (Å²) in [6.45, 7) is 0. The van der Waals surface area contributed by atoms with E-state index in [1.165, 1.54) is 7.05 Å². The molecule has 0 radical (unpaired) electrons. The zero-order valence-electron chi connectivity index (χ0n) is 14.9. The number of hydrogen-bond donors (Lipinski definition) is 2. The quantitative estimate of drug-likeness (QED) is 0.520. The molecule has 0 fully saturated rings. The summed E-state index contributed by atoms with van der Waals surface area (Å²) >= 11 is 5.23. The van der Waals surface area contributed by atoms with Gasteiger partial charge in [-0.15, -0.1) is 0 Å². The van der Waals surface area contributed by atoms with Crippen molar-refractivity contribution in [2.45, 2.75) is 0 Å². The Hall–Kier alpha value is -3.58. The highest BCUT2D eigenvalue weighted by Gasteiger charge is 2.32. The molecule has 1 aliphatic rings. The second kappa shape index (κ2) is 6.86. The maximum atomic E-state index is 12.6. The number of nitrogens with zero attached hydrogens (tertiary/aromatic N) is 1. The molecule has 0 aliphatic carbocycles. The predicted molar refractivity (Wildman–Crippen MR) is 111 cm³/mol. The summed E-state index contributed by atoms with van der Waals surface area (Å²) in [5, 5.41) is 7.43. The van der Waals surface area contributed by atoms with Gasteiger partial charge >= 0.3 is 0 Å². The second-order valence-corrected chi connectivity index (χ2v) is 6.77. The molecule has 0 saturated heterocycles. The average molecular weight is 389 g/mol. The third-order valence-corrected chi connectivity index (χ3v) is 4.81. The lowest BCUT2D eigenvalue weighted by Gasteiger charge is -2.11. The van der Waals surface area contributed by atoms with Crippen LogP contribution in [0.5, 0.6) is 0 Å². The van der Waals surface area contributed by atoms with Crippen LogP contribution in [0.2, 0.25) is 0 Å². The van der Waals surface area contributed by atoms with E-state index in [4.69, 9.17) is 12.2 Å². The van der Waals surface area contributed by atoms with Crippen molar-refractivity contribution in [1.29, 1.82) is 0 Å². The molecular weight excluding hydrogens is 374 g/mol. The molecule has 3 aromatic rings. The van der Waals surface area contributed by atoms with E-state index in [-0.39, 0.29) is 22.8 Å². The fourth-order valence-electron chi connectivity index (χ4n) is 3.20. The molecule has 0 atom stereocenters. The van der Waals surface area contributed by atoms with Crippen LogP contribution in [0.3, 0.4) is 0 Å². The summed E-state index contributed by atoms with van der Waals surface area (Å²) in [5.74, 6) is -1.03. The Bertz CT molecular complexity index is 1170. The van der Waals surface area contributed by atoms with Crippen molar-refractivity contribution in [2.24, 2.45) is 0 Å². The van der Waals surface area contributed by atoms with Crippen LogP contribution in [0.4, 0.5) is 5.69 Å². The summed E-state index contributed by atoms with van der Waals surface area (Å²) in [6.07, 6.45) is 0. The lowest BCUT2D eigenvalue weighted by Crippen LogP contribution is -2.34. The molecule has 4 rings (SSSR count). The van der Waals surface area contributed by atoms with Gasteiger partial charge < -0.3 is 5.32 Å². The van der Waals surface area contributed by atoms with Crippen LogP contribution in [-0.4, -0.2) is 34.8 Å². The molecule has 2 N–H and O–H groups in total. The van der Waals surface area contributed by atoms with Gasteiger partial charge in [0.2, 0.25) is 0 Å². The first-order valence-electron chi connectivity index (χ1n) is 8.52. The van der Waals surface area contributed by atoms with Gasteiger partial charge in [-0.05, 0) is 47.3 Å². The van der Waals surface area contributed by atoms with Gasteiger partial charge in [0.1, 0.15) is 0 Å².